The number of carbonyl (C=O) groups is 2. The summed E-state index contributed by atoms with van der Waals surface area (Å²) in [7, 11) is 1.44. The summed E-state index contributed by atoms with van der Waals surface area (Å²) in [6, 6.07) is 3.34. The molecule has 0 spiro atoms. The second-order valence-corrected chi connectivity index (χ2v) is 5.15. The molecule has 0 aromatic carbocycles. The molecule has 1 unspecified atom stereocenters. The van der Waals surface area contributed by atoms with Crippen LogP contribution in [0.1, 0.15) is 35.8 Å². The third-order valence-corrected chi connectivity index (χ3v) is 3.77. The van der Waals surface area contributed by atoms with E-state index in [2.05, 4.69) is 4.98 Å². The molecular weight excluding hydrogens is 260 g/mol. The maximum atomic E-state index is 12.6. The molecule has 0 aliphatic carbocycles. The molecule has 1 saturated heterocycles. The zero-order valence-corrected chi connectivity index (χ0v) is 11.8. The quantitative estimate of drug-likeness (QED) is 0.905. The molecule has 1 aliphatic rings. The first-order valence-electron chi connectivity index (χ1n) is 6.47. The van der Waals surface area contributed by atoms with Gasteiger partial charge in [0.15, 0.2) is 0 Å². The highest BCUT2D eigenvalue weighted by Gasteiger charge is 2.46. The lowest BCUT2D eigenvalue weighted by Gasteiger charge is -2.31. The second kappa shape index (κ2) is 5.11. The summed E-state index contributed by atoms with van der Waals surface area (Å²) in [6.45, 7) is 3.81. The van der Waals surface area contributed by atoms with Crippen molar-refractivity contribution in [2.45, 2.75) is 32.2 Å². The number of rotatable bonds is 3. The SMILES string of the molecule is COc1nc(C)ccc1C(=O)N1CCCC1(C)C(=O)O. The predicted molar refractivity (Wildman–Crippen MR) is 71.8 cm³/mol. The molecule has 1 amide bonds. The third kappa shape index (κ3) is 2.21. The number of likely N-dealkylation sites (tertiary alicyclic amines) is 1. The topological polar surface area (TPSA) is 79.7 Å². The summed E-state index contributed by atoms with van der Waals surface area (Å²) in [6.07, 6.45) is 1.13. The van der Waals surface area contributed by atoms with Gasteiger partial charge in [0.05, 0.1) is 7.11 Å². The van der Waals surface area contributed by atoms with Crippen LogP contribution in [0, 0.1) is 6.92 Å². The molecule has 0 radical (unpaired) electrons. The van der Waals surface area contributed by atoms with Crippen LogP contribution >= 0.6 is 0 Å². The van der Waals surface area contributed by atoms with Gasteiger partial charge in [-0.25, -0.2) is 9.78 Å². The van der Waals surface area contributed by atoms with Gasteiger partial charge in [0.25, 0.3) is 5.91 Å². The van der Waals surface area contributed by atoms with Gasteiger partial charge >= 0.3 is 5.97 Å². The Morgan fingerprint density at radius 1 is 1.45 bits per heavy atom. The van der Waals surface area contributed by atoms with E-state index in [0.29, 0.717) is 24.9 Å². The highest BCUT2D eigenvalue weighted by Crippen LogP contribution is 2.32. The van der Waals surface area contributed by atoms with Crippen LogP contribution in [0.25, 0.3) is 0 Å². The smallest absolute Gasteiger partial charge is 0.329 e. The fourth-order valence-corrected chi connectivity index (χ4v) is 2.51. The Labute approximate surface area is 117 Å². The number of aromatic nitrogens is 1. The van der Waals surface area contributed by atoms with Crippen LogP contribution in [0.2, 0.25) is 0 Å². The summed E-state index contributed by atoms with van der Waals surface area (Å²) in [5.74, 6) is -1.10. The molecule has 2 rings (SSSR count). The average Bonchev–Trinajstić information content (AvgIpc) is 2.81. The first-order valence-corrected chi connectivity index (χ1v) is 6.47. The van der Waals surface area contributed by atoms with Crippen molar-refractivity contribution in [1.29, 1.82) is 0 Å². The zero-order chi connectivity index (χ0) is 14.9. The fraction of sp³-hybridized carbons (Fsp3) is 0.500. The van der Waals surface area contributed by atoms with Crippen LogP contribution in [0.5, 0.6) is 5.88 Å². The van der Waals surface area contributed by atoms with Crippen LogP contribution < -0.4 is 4.74 Å². The van der Waals surface area contributed by atoms with E-state index in [0.717, 1.165) is 5.69 Å². The number of ether oxygens (including phenoxy) is 1. The molecule has 1 aromatic heterocycles. The van der Waals surface area contributed by atoms with Crippen LogP contribution in [0.3, 0.4) is 0 Å². The van der Waals surface area contributed by atoms with Gasteiger partial charge in [0.1, 0.15) is 11.1 Å². The monoisotopic (exact) mass is 278 g/mol. The molecule has 6 nitrogen and oxygen atoms in total. The van der Waals surface area contributed by atoms with E-state index in [-0.39, 0.29) is 11.8 Å². The van der Waals surface area contributed by atoms with Crippen LogP contribution in [0.15, 0.2) is 12.1 Å². The molecule has 2 heterocycles. The van der Waals surface area contributed by atoms with Crippen molar-refractivity contribution in [3.63, 3.8) is 0 Å². The maximum Gasteiger partial charge on any atom is 0.329 e. The van der Waals surface area contributed by atoms with E-state index in [4.69, 9.17) is 4.74 Å². The second-order valence-electron chi connectivity index (χ2n) is 5.15. The largest absolute Gasteiger partial charge is 0.480 e. The first kappa shape index (κ1) is 14.3. The number of aliphatic carboxylic acids is 1. The standard InChI is InChI=1S/C14H18N2O4/c1-9-5-6-10(11(15-9)20-3)12(17)16-8-4-7-14(16,2)13(18)19/h5-6H,4,7-8H2,1-3H3,(H,18,19). The molecular formula is C14H18N2O4. The van der Waals surface area contributed by atoms with Crippen LogP contribution in [-0.2, 0) is 4.79 Å². The molecule has 1 aromatic rings. The highest BCUT2D eigenvalue weighted by molar-refractivity contribution is 5.99. The van der Waals surface area contributed by atoms with Gasteiger partial charge in [0.2, 0.25) is 5.88 Å². The lowest BCUT2D eigenvalue weighted by Crippen LogP contribution is -2.50. The fourth-order valence-electron chi connectivity index (χ4n) is 2.51. The van der Waals surface area contributed by atoms with Crippen molar-refractivity contribution < 1.29 is 19.4 Å². The Balaban J connectivity index is 2.39. The summed E-state index contributed by atoms with van der Waals surface area (Å²) >= 11 is 0. The van der Waals surface area contributed by atoms with E-state index in [1.165, 1.54) is 12.0 Å². The Morgan fingerprint density at radius 2 is 2.15 bits per heavy atom. The molecule has 1 aliphatic heterocycles. The van der Waals surface area contributed by atoms with Crippen molar-refractivity contribution in [2.24, 2.45) is 0 Å². The Hall–Kier alpha value is -2.11. The number of aryl methyl sites for hydroxylation is 1. The Kier molecular flexibility index (Phi) is 3.65. The number of hydrogen-bond acceptors (Lipinski definition) is 4. The van der Waals surface area contributed by atoms with E-state index >= 15 is 0 Å². The number of carbonyl (C=O) groups excluding carboxylic acids is 1. The van der Waals surface area contributed by atoms with E-state index in [9.17, 15) is 14.7 Å². The number of carboxylic acid groups (broad SMARTS) is 1. The zero-order valence-electron chi connectivity index (χ0n) is 11.8. The van der Waals surface area contributed by atoms with Crippen molar-refractivity contribution in [2.75, 3.05) is 13.7 Å². The highest BCUT2D eigenvalue weighted by atomic mass is 16.5. The van der Waals surface area contributed by atoms with Gasteiger partial charge in [-0.05, 0) is 38.8 Å². The van der Waals surface area contributed by atoms with Crippen LogP contribution in [0.4, 0.5) is 0 Å². The first-order chi connectivity index (χ1) is 9.40. The van der Waals surface area contributed by atoms with E-state index in [1.54, 1.807) is 26.0 Å². The van der Waals surface area contributed by atoms with Crippen molar-refractivity contribution in [1.82, 2.24) is 9.88 Å². The minimum Gasteiger partial charge on any atom is -0.480 e. The maximum absolute atomic E-state index is 12.6. The molecule has 1 N–H and O–H groups in total. The van der Waals surface area contributed by atoms with Crippen LogP contribution in [-0.4, -0.2) is 46.1 Å². The Morgan fingerprint density at radius 3 is 2.75 bits per heavy atom. The molecule has 0 bridgehead atoms. The lowest BCUT2D eigenvalue weighted by molar-refractivity contribution is -0.147. The Bertz CT molecular complexity index is 558. The minimum atomic E-state index is -1.16. The number of methoxy groups -OCH3 is 1. The van der Waals surface area contributed by atoms with E-state index < -0.39 is 11.5 Å². The normalized spacial score (nSPS) is 21.9. The lowest BCUT2D eigenvalue weighted by atomic mass is 9.98. The molecule has 108 valence electrons. The molecule has 0 saturated carbocycles. The van der Waals surface area contributed by atoms with E-state index in [1.807, 2.05) is 0 Å². The molecule has 20 heavy (non-hydrogen) atoms. The summed E-state index contributed by atoms with van der Waals surface area (Å²) in [5, 5.41) is 9.37. The number of pyridine rings is 1. The van der Waals surface area contributed by atoms with Gasteiger partial charge in [-0.3, -0.25) is 4.79 Å². The van der Waals surface area contributed by atoms with Gasteiger partial charge in [-0.1, -0.05) is 0 Å². The summed E-state index contributed by atoms with van der Waals surface area (Å²) in [5.41, 5.74) is -0.124. The summed E-state index contributed by atoms with van der Waals surface area (Å²) in [4.78, 5) is 29.6. The predicted octanol–water partition coefficient (Wildman–Crippen LogP) is 1.48. The summed E-state index contributed by atoms with van der Waals surface area (Å²) < 4.78 is 5.13. The third-order valence-electron chi connectivity index (χ3n) is 3.77. The van der Waals surface area contributed by atoms with Crippen molar-refractivity contribution in [3.05, 3.63) is 23.4 Å². The van der Waals surface area contributed by atoms with Crippen molar-refractivity contribution >= 4 is 11.9 Å². The molecule has 1 fully saturated rings. The number of carboxylic acids is 1. The minimum absolute atomic E-state index is 0.231. The average molecular weight is 278 g/mol. The van der Waals surface area contributed by atoms with Gasteiger partial charge in [-0.2, -0.15) is 0 Å². The number of amides is 1. The van der Waals surface area contributed by atoms with Crippen molar-refractivity contribution in [3.8, 4) is 5.88 Å². The van der Waals surface area contributed by atoms with Gasteiger partial charge in [0, 0.05) is 12.2 Å². The van der Waals surface area contributed by atoms with Gasteiger partial charge < -0.3 is 14.7 Å². The number of hydrogen-bond donors (Lipinski definition) is 1. The molecule has 6 heteroatoms. The molecule has 1 atom stereocenters. The number of nitrogens with zero attached hydrogens (tertiary/aromatic N) is 2. The van der Waals surface area contributed by atoms with Gasteiger partial charge in [-0.15, -0.1) is 0 Å².